The molecule has 1 unspecified atom stereocenters. The Morgan fingerprint density at radius 1 is 0.933 bits per heavy atom. The highest BCUT2D eigenvalue weighted by Gasteiger charge is 2.44. The maximum Gasteiger partial charge on any atom is 0.168 e. The van der Waals surface area contributed by atoms with Crippen molar-refractivity contribution in [2.45, 2.75) is 50.4 Å². The van der Waals surface area contributed by atoms with Gasteiger partial charge in [-0.2, -0.15) is 0 Å². The van der Waals surface area contributed by atoms with Gasteiger partial charge in [0.1, 0.15) is 0 Å². The van der Waals surface area contributed by atoms with Crippen molar-refractivity contribution in [1.29, 1.82) is 0 Å². The number of ether oxygens (including phenoxy) is 2. The Bertz CT molecular complexity index is 221. The van der Waals surface area contributed by atoms with Gasteiger partial charge in [0.15, 0.2) is 5.79 Å². The molecule has 86 valence electrons. The van der Waals surface area contributed by atoms with E-state index in [1.807, 2.05) is 0 Å². The molecule has 0 aromatic rings. The van der Waals surface area contributed by atoms with Crippen LogP contribution >= 0.6 is 0 Å². The highest BCUT2D eigenvalue weighted by molar-refractivity contribution is 4.90. The summed E-state index contributed by atoms with van der Waals surface area (Å²) in [6, 6.07) is 0. The molecule has 3 fully saturated rings. The minimum atomic E-state index is -0.264. The summed E-state index contributed by atoms with van der Waals surface area (Å²) in [4.78, 5) is 0. The second-order valence-corrected chi connectivity index (χ2v) is 5.27. The van der Waals surface area contributed by atoms with Gasteiger partial charge in [-0.1, -0.05) is 0 Å². The maximum atomic E-state index is 10.1. The zero-order valence-electron chi connectivity index (χ0n) is 9.15. The molecule has 0 radical (unpaired) electrons. The van der Waals surface area contributed by atoms with Crippen LogP contribution in [-0.2, 0) is 9.47 Å². The van der Waals surface area contributed by atoms with Gasteiger partial charge in [-0.3, -0.25) is 0 Å². The standard InChI is InChI=1S/C12H20O3/c13-11(9-1-2-9)10-3-5-12(6-4-10)14-7-8-15-12/h9-11,13H,1-8H2. The summed E-state index contributed by atoms with van der Waals surface area (Å²) in [6.07, 6.45) is 6.49. The lowest BCUT2D eigenvalue weighted by Crippen LogP contribution is -2.38. The second-order valence-electron chi connectivity index (χ2n) is 5.27. The average molecular weight is 212 g/mol. The first kappa shape index (κ1) is 10.1. The first-order valence-electron chi connectivity index (χ1n) is 6.25. The molecule has 0 amide bonds. The van der Waals surface area contributed by atoms with Gasteiger partial charge in [-0.25, -0.2) is 0 Å². The molecule has 0 aromatic heterocycles. The molecule has 3 nitrogen and oxygen atoms in total. The molecule has 3 rings (SSSR count). The molecule has 2 aliphatic carbocycles. The molecule has 1 heterocycles. The van der Waals surface area contributed by atoms with Crippen LogP contribution in [0.5, 0.6) is 0 Å². The van der Waals surface area contributed by atoms with Crippen LogP contribution in [0.3, 0.4) is 0 Å². The third-order valence-corrected chi connectivity index (χ3v) is 4.19. The Morgan fingerprint density at radius 2 is 1.47 bits per heavy atom. The number of aliphatic hydroxyl groups is 1. The van der Waals surface area contributed by atoms with Crippen molar-refractivity contribution < 1.29 is 14.6 Å². The Hall–Kier alpha value is -0.120. The van der Waals surface area contributed by atoms with Gasteiger partial charge in [-0.15, -0.1) is 0 Å². The number of aliphatic hydroxyl groups excluding tert-OH is 1. The first-order chi connectivity index (χ1) is 7.29. The Morgan fingerprint density at radius 3 is 2.00 bits per heavy atom. The fourth-order valence-corrected chi connectivity index (χ4v) is 3.03. The predicted molar refractivity (Wildman–Crippen MR) is 55.3 cm³/mol. The second kappa shape index (κ2) is 3.72. The fourth-order valence-electron chi connectivity index (χ4n) is 3.03. The summed E-state index contributed by atoms with van der Waals surface area (Å²) in [5, 5.41) is 10.1. The molecule has 1 spiro atoms. The lowest BCUT2D eigenvalue weighted by molar-refractivity contribution is -0.187. The molecule has 2 saturated carbocycles. The average Bonchev–Trinajstić information content (AvgIpc) is 3.02. The SMILES string of the molecule is OC(C1CC1)C1CCC2(CC1)OCCO2. The van der Waals surface area contributed by atoms with Crippen molar-refractivity contribution in [1.82, 2.24) is 0 Å². The van der Waals surface area contributed by atoms with E-state index < -0.39 is 0 Å². The summed E-state index contributed by atoms with van der Waals surface area (Å²) < 4.78 is 11.4. The van der Waals surface area contributed by atoms with Gasteiger partial charge in [0.25, 0.3) is 0 Å². The quantitative estimate of drug-likeness (QED) is 0.757. The molecule has 1 aliphatic heterocycles. The normalized spacial score (nSPS) is 33.4. The fraction of sp³-hybridized carbons (Fsp3) is 1.00. The summed E-state index contributed by atoms with van der Waals surface area (Å²) in [6.45, 7) is 1.49. The molecule has 1 N–H and O–H groups in total. The van der Waals surface area contributed by atoms with E-state index in [0.29, 0.717) is 11.8 Å². The third kappa shape index (κ3) is 1.93. The smallest absolute Gasteiger partial charge is 0.168 e. The van der Waals surface area contributed by atoms with Crippen LogP contribution in [0, 0.1) is 11.8 Å². The molecular weight excluding hydrogens is 192 g/mol. The largest absolute Gasteiger partial charge is 0.393 e. The maximum absolute atomic E-state index is 10.1. The Labute approximate surface area is 90.8 Å². The highest BCUT2D eigenvalue weighted by Crippen LogP contribution is 2.44. The van der Waals surface area contributed by atoms with Crippen LogP contribution < -0.4 is 0 Å². The van der Waals surface area contributed by atoms with E-state index in [4.69, 9.17) is 9.47 Å². The van der Waals surface area contributed by atoms with Crippen LogP contribution in [-0.4, -0.2) is 30.2 Å². The Kier molecular flexibility index (Phi) is 2.49. The van der Waals surface area contributed by atoms with E-state index in [-0.39, 0.29) is 11.9 Å². The van der Waals surface area contributed by atoms with Crippen molar-refractivity contribution in [3.05, 3.63) is 0 Å². The van der Waals surface area contributed by atoms with Gasteiger partial charge in [0.2, 0.25) is 0 Å². The summed E-state index contributed by atoms with van der Waals surface area (Å²) in [5.74, 6) is 0.838. The highest BCUT2D eigenvalue weighted by atomic mass is 16.7. The summed E-state index contributed by atoms with van der Waals surface area (Å²) >= 11 is 0. The molecule has 0 bridgehead atoms. The van der Waals surface area contributed by atoms with E-state index in [1.165, 1.54) is 12.8 Å². The van der Waals surface area contributed by atoms with E-state index in [1.54, 1.807) is 0 Å². The number of rotatable bonds is 2. The third-order valence-electron chi connectivity index (χ3n) is 4.19. The molecule has 0 aromatic carbocycles. The van der Waals surface area contributed by atoms with Crippen molar-refractivity contribution in [2.24, 2.45) is 11.8 Å². The van der Waals surface area contributed by atoms with E-state index in [9.17, 15) is 5.11 Å². The summed E-state index contributed by atoms with van der Waals surface area (Å²) in [7, 11) is 0. The van der Waals surface area contributed by atoms with E-state index >= 15 is 0 Å². The lowest BCUT2D eigenvalue weighted by atomic mass is 9.80. The summed E-state index contributed by atoms with van der Waals surface area (Å²) in [5.41, 5.74) is 0. The van der Waals surface area contributed by atoms with Gasteiger partial charge < -0.3 is 14.6 Å². The topological polar surface area (TPSA) is 38.7 Å². The molecule has 3 heteroatoms. The zero-order chi connectivity index (χ0) is 10.3. The minimum absolute atomic E-state index is 0.0521. The van der Waals surface area contributed by atoms with Crippen molar-refractivity contribution in [3.8, 4) is 0 Å². The van der Waals surface area contributed by atoms with Crippen molar-refractivity contribution in [3.63, 3.8) is 0 Å². The monoisotopic (exact) mass is 212 g/mol. The van der Waals surface area contributed by atoms with Crippen LogP contribution in [0.25, 0.3) is 0 Å². The predicted octanol–water partition coefficient (Wildman–Crippen LogP) is 1.69. The van der Waals surface area contributed by atoms with Gasteiger partial charge >= 0.3 is 0 Å². The first-order valence-corrected chi connectivity index (χ1v) is 6.25. The van der Waals surface area contributed by atoms with Crippen molar-refractivity contribution >= 4 is 0 Å². The molecular formula is C12H20O3. The lowest BCUT2D eigenvalue weighted by Gasteiger charge is -2.37. The number of hydrogen-bond acceptors (Lipinski definition) is 3. The van der Waals surface area contributed by atoms with Gasteiger partial charge in [-0.05, 0) is 37.5 Å². The molecule has 1 saturated heterocycles. The zero-order valence-corrected chi connectivity index (χ0v) is 9.15. The van der Waals surface area contributed by atoms with Crippen LogP contribution in [0.4, 0.5) is 0 Å². The van der Waals surface area contributed by atoms with Crippen molar-refractivity contribution in [2.75, 3.05) is 13.2 Å². The van der Waals surface area contributed by atoms with E-state index in [0.717, 1.165) is 38.9 Å². The number of hydrogen-bond donors (Lipinski definition) is 1. The van der Waals surface area contributed by atoms with Gasteiger partial charge in [0, 0.05) is 12.8 Å². The van der Waals surface area contributed by atoms with Crippen LogP contribution in [0.15, 0.2) is 0 Å². The molecule has 3 aliphatic rings. The van der Waals surface area contributed by atoms with Crippen LogP contribution in [0.1, 0.15) is 38.5 Å². The minimum Gasteiger partial charge on any atom is -0.393 e. The Balaban J connectivity index is 1.55. The van der Waals surface area contributed by atoms with Crippen LogP contribution in [0.2, 0.25) is 0 Å². The van der Waals surface area contributed by atoms with Gasteiger partial charge in [0.05, 0.1) is 19.3 Å². The molecule has 1 atom stereocenters. The van der Waals surface area contributed by atoms with E-state index in [2.05, 4.69) is 0 Å². The molecule has 15 heavy (non-hydrogen) atoms.